The molecule has 27 heavy (non-hydrogen) atoms. The van der Waals surface area contributed by atoms with E-state index in [-0.39, 0.29) is 24.3 Å². The summed E-state index contributed by atoms with van der Waals surface area (Å²) in [7, 11) is 0. The maximum absolute atomic E-state index is 13.0. The van der Waals surface area contributed by atoms with Crippen LogP contribution in [0.3, 0.4) is 0 Å². The summed E-state index contributed by atoms with van der Waals surface area (Å²) in [6.45, 7) is 7.21. The van der Waals surface area contributed by atoms with Crippen molar-refractivity contribution in [2.75, 3.05) is 6.61 Å². The topological polar surface area (TPSA) is 88.1 Å². The minimum Gasteiger partial charge on any atom is -0.464 e. The number of aromatic nitrogens is 4. The molecule has 0 aliphatic heterocycles. The van der Waals surface area contributed by atoms with Gasteiger partial charge in [0.25, 0.3) is 5.56 Å². The Bertz CT molecular complexity index is 1110. The fourth-order valence-electron chi connectivity index (χ4n) is 2.92. The van der Waals surface area contributed by atoms with E-state index in [0.29, 0.717) is 5.69 Å². The first kappa shape index (κ1) is 18.4. The molecule has 1 unspecified atom stereocenters. The van der Waals surface area contributed by atoms with Gasteiger partial charge in [0.1, 0.15) is 6.04 Å². The highest BCUT2D eigenvalue weighted by molar-refractivity contribution is 5.79. The van der Waals surface area contributed by atoms with Crippen LogP contribution in [0.5, 0.6) is 0 Å². The van der Waals surface area contributed by atoms with Gasteiger partial charge in [0.15, 0.2) is 11.2 Å². The Morgan fingerprint density at radius 1 is 1.30 bits per heavy atom. The number of esters is 1. The van der Waals surface area contributed by atoms with Crippen LogP contribution in [0.25, 0.3) is 16.9 Å². The molecule has 3 aromatic rings. The molecule has 0 N–H and O–H groups in total. The van der Waals surface area contributed by atoms with Crippen LogP contribution in [0.1, 0.15) is 19.9 Å². The number of para-hydroxylation sites is 1. The Labute approximate surface area is 154 Å². The minimum absolute atomic E-state index is 0.0411. The van der Waals surface area contributed by atoms with Crippen molar-refractivity contribution >= 4 is 17.1 Å². The highest BCUT2D eigenvalue weighted by Gasteiger charge is 2.24. The number of benzene rings is 1. The SMILES string of the molecule is C=CCn1c(=O)c2c(ncn2C(C)C(=O)OCC)n(-c2ccccc2)c1=O. The second-order valence-corrected chi connectivity index (χ2v) is 5.91. The van der Waals surface area contributed by atoms with Crippen molar-refractivity contribution in [1.82, 2.24) is 18.7 Å². The van der Waals surface area contributed by atoms with E-state index in [1.165, 1.54) is 21.5 Å². The second kappa shape index (κ2) is 7.45. The number of hydrogen-bond acceptors (Lipinski definition) is 5. The molecule has 0 fully saturated rings. The molecule has 0 aliphatic rings. The predicted octanol–water partition coefficient (Wildman–Crippen LogP) is 1.66. The third-order valence-corrected chi connectivity index (χ3v) is 4.23. The first-order valence-electron chi connectivity index (χ1n) is 8.56. The lowest BCUT2D eigenvalue weighted by Gasteiger charge is -2.14. The quantitative estimate of drug-likeness (QED) is 0.488. The van der Waals surface area contributed by atoms with Crippen LogP contribution < -0.4 is 11.2 Å². The summed E-state index contributed by atoms with van der Waals surface area (Å²) in [4.78, 5) is 42.4. The lowest BCUT2D eigenvalue weighted by Crippen LogP contribution is -2.40. The van der Waals surface area contributed by atoms with Crippen LogP contribution in [0.2, 0.25) is 0 Å². The Morgan fingerprint density at radius 2 is 2.00 bits per heavy atom. The number of allylic oxidation sites excluding steroid dienone is 1. The molecule has 0 saturated carbocycles. The van der Waals surface area contributed by atoms with Gasteiger partial charge in [-0.15, -0.1) is 6.58 Å². The molecule has 0 saturated heterocycles. The maximum atomic E-state index is 13.0. The van der Waals surface area contributed by atoms with Crippen LogP contribution in [0.4, 0.5) is 0 Å². The maximum Gasteiger partial charge on any atom is 0.337 e. The number of carbonyl (C=O) groups excluding carboxylic acids is 1. The summed E-state index contributed by atoms with van der Waals surface area (Å²) < 4.78 is 8.91. The van der Waals surface area contributed by atoms with Gasteiger partial charge in [-0.05, 0) is 26.0 Å². The number of hydrogen-bond donors (Lipinski definition) is 0. The lowest BCUT2D eigenvalue weighted by atomic mass is 10.3. The predicted molar refractivity (Wildman–Crippen MR) is 101 cm³/mol. The van der Waals surface area contributed by atoms with Gasteiger partial charge in [0, 0.05) is 6.54 Å². The molecular formula is C19H20N4O4. The standard InChI is InChI=1S/C19H20N4O4/c1-4-11-21-17(24)15-16(20-12-22(15)13(3)18(25)27-5-2)23(19(21)26)14-9-7-6-8-10-14/h4,6-10,12-13H,1,5,11H2,2-3H3. The Kier molecular flexibility index (Phi) is 5.07. The molecule has 0 aliphatic carbocycles. The summed E-state index contributed by atoms with van der Waals surface area (Å²) in [5.41, 5.74) is -0.142. The number of nitrogens with zero attached hydrogens (tertiary/aromatic N) is 4. The molecule has 0 spiro atoms. The lowest BCUT2D eigenvalue weighted by molar-refractivity contribution is -0.146. The number of carbonyl (C=O) groups is 1. The average Bonchev–Trinajstić information content (AvgIpc) is 3.10. The molecule has 8 heteroatoms. The van der Waals surface area contributed by atoms with Gasteiger partial charge in [-0.2, -0.15) is 0 Å². The van der Waals surface area contributed by atoms with Crippen LogP contribution in [-0.2, 0) is 16.1 Å². The molecule has 1 atom stereocenters. The van der Waals surface area contributed by atoms with Crippen molar-refractivity contribution in [2.45, 2.75) is 26.4 Å². The van der Waals surface area contributed by atoms with E-state index in [1.807, 2.05) is 6.07 Å². The van der Waals surface area contributed by atoms with E-state index in [0.717, 1.165) is 4.57 Å². The third-order valence-electron chi connectivity index (χ3n) is 4.23. The molecule has 8 nitrogen and oxygen atoms in total. The molecular weight excluding hydrogens is 348 g/mol. The monoisotopic (exact) mass is 368 g/mol. The van der Waals surface area contributed by atoms with Gasteiger partial charge < -0.3 is 9.30 Å². The normalized spacial score (nSPS) is 12.1. The highest BCUT2D eigenvalue weighted by Crippen LogP contribution is 2.17. The first-order chi connectivity index (χ1) is 13.0. The first-order valence-corrected chi connectivity index (χ1v) is 8.56. The van der Waals surface area contributed by atoms with E-state index in [2.05, 4.69) is 11.6 Å². The van der Waals surface area contributed by atoms with Crippen molar-refractivity contribution < 1.29 is 9.53 Å². The molecule has 0 amide bonds. The van der Waals surface area contributed by atoms with Gasteiger partial charge in [-0.3, -0.25) is 9.36 Å². The summed E-state index contributed by atoms with van der Waals surface area (Å²) in [5.74, 6) is -0.482. The van der Waals surface area contributed by atoms with Gasteiger partial charge in [-0.1, -0.05) is 24.3 Å². The van der Waals surface area contributed by atoms with Crippen molar-refractivity contribution in [3.63, 3.8) is 0 Å². The van der Waals surface area contributed by atoms with Crippen LogP contribution >= 0.6 is 0 Å². The van der Waals surface area contributed by atoms with Crippen molar-refractivity contribution in [2.24, 2.45) is 0 Å². The van der Waals surface area contributed by atoms with Gasteiger partial charge in [0.2, 0.25) is 0 Å². The van der Waals surface area contributed by atoms with Gasteiger partial charge in [0.05, 0.1) is 18.6 Å². The van der Waals surface area contributed by atoms with E-state index in [4.69, 9.17) is 4.74 Å². The Balaban J connectivity index is 2.37. The highest BCUT2D eigenvalue weighted by atomic mass is 16.5. The molecule has 1 aromatic carbocycles. The molecule has 2 aromatic heterocycles. The van der Waals surface area contributed by atoms with Crippen molar-refractivity contribution in [3.05, 3.63) is 70.2 Å². The molecule has 3 rings (SSSR count). The van der Waals surface area contributed by atoms with Crippen molar-refractivity contribution in [1.29, 1.82) is 0 Å². The Morgan fingerprint density at radius 3 is 2.63 bits per heavy atom. The van der Waals surface area contributed by atoms with E-state index < -0.39 is 23.3 Å². The average molecular weight is 368 g/mol. The fraction of sp³-hybridized carbons (Fsp3) is 0.263. The van der Waals surface area contributed by atoms with Crippen LogP contribution in [0.15, 0.2) is 58.9 Å². The molecule has 0 radical (unpaired) electrons. The number of fused-ring (bicyclic) bond motifs is 1. The number of imidazole rings is 1. The smallest absolute Gasteiger partial charge is 0.337 e. The summed E-state index contributed by atoms with van der Waals surface area (Å²) >= 11 is 0. The summed E-state index contributed by atoms with van der Waals surface area (Å²) in [6, 6.07) is 8.13. The number of ether oxygens (including phenoxy) is 1. The zero-order valence-electron chi connectivity index (χ0n) is 15.2. The fourth-order valence-corrected chi connectivity index (χ4v) is 2.92. The molecule has 140 valence electrons. The second-order valence-electron chi connectivity index (χ2n) is 5.91. The molecule has 0 bridgehead atoms. The van der Waals surface area contributed by atoms with Crippen molar-refractivity contribution in [3.8, 4) is 5.69 Å². The van der Waals surface area contributed by atoms with E-state index in [9.17, 15) is 14.4 Å². The van der Waals surface area contributed by atoms with Crippen LogP contribution in [0, 0.1) is 0 Å². The van der Waals surface area contributed by atoms with Crippen LogP contribution in [-0.4, -0.2) is 31.3 Å². The van der Waals surface area contributed by atoms with E-state index >= 15 is 0 Å². The Hall–Kier alpha value is -3.42. The third kappa shape index (κ3) is 3.10. The minimum atomic E-state index is -0.762. The van der Waals surface area contributed by atoms with Gasteiger partial charge in [-0.25, -0.2) is 19.1 Å². The largest absolute Gasteiger partial charge is 0.464 e. The molecule has 2 heterocycles. The summed E-state index contributed by atoms with van der Waals surface area (Å²) in [5, 5.41) is 0. The summed E-state index contributed by atoms with van der Waals surface area (Å²) in [6.07, 6.45) is 2.85. The zero-order chi connectivity index (χ0) is 19.6. The van der Waals surface area contributed by atoms with Gasteiger partial charge >= 0.3 is 11.7 Å². The van der Waals surface area contributed by atoms with E-state index in [1.54, 1.807) is 38.1 Å². The number of rotatable bonds is 6. The zero-order valence-corrected chi connectivity index (χ0v) is 15.2.